The van der Waals surface area contributed by atoms with E-state index < -0.39 is 28.2 Å². The number of carbonyl (C=O) groups is 2. The highest BCUT2D eigenvalue weighted by Crippen LogP contribution is 2.43. The molecular formula is C16H13ClN4O6S. The van der Waals surface area contributed by atoms with Crippen LogP contribution in [0.15, 0.2) is 34.8 Å². The Morgan fingerprint density at radius 2 is 2.18 bits per heavy atom. The monoisotopic (exact) mass is 424 g/mol. The fraction of sp³-hybridized carbons (Fsp3) is 0.250. The van der Waals surface area contributed by atoms with Gasteiger partial charge in [-0.05, 0) is 5.56 Å². The maximum absolute atomic E-state index is 12.3. The minimum absolute atomic E-state index is 0.110. The molecule has 1 fully saturated rings. The van der Waals surface area contributed by atoms with Crippen LogP contribution in [0, 0.1) is 10.1 Å². The molecule has 3 rings (SSSR count). The number of hydrogen-bond donors (Lipinski definition) is 0. The summed E-state index contributed by atoms with van der Waals surface area (Å²) in [7, 11) is 2.46. The van der Waals surface area contributed by atoms with Crippen LogP contribution in [0.2, 0.25) is 0 Å². The molecule has 2 atom stereocenters. The van der Waals surface area contributed by atoms with Crippen LogP contribution in [0.1, 0.15) is 17.3 Å². The number of esters is 1. The number of aromatic nitrogens is 1. The van der Waals surface area contributed by atoms with Crippen molar-refractivity contribution in [1.82, 2.24) is 4.98 Å². The van der Waals surface area contributed by atoms with Crippen molar-refractivity contribution in [1.29, 1.82) is 0 Å². The van der Waals surface area contributed by atoms with Gasteiger partial charge in [0.25, 0.3) is 5.69 Å². The fourth-order valence-corrected chi connectivity index (χ4v) is 3.88. The predicted octanol–water partition coefficient (Wildman–Crippen LogP) is 2.27. The maximum Gasteiger partial charge on any atom is 0.362 e. The van der Waals surface area contributed by atoms with Crippen LogP contribution in [0.25, 0.3) is 0 Å². The summed E-state index contributed by atoms with van der Waals surface area (Å²) in [5.74, 6) is -1.15. The van der Waals surface area contributed by atoms with Crippen LogP contribution in [0.4, 0.5) is 10.8 Å². The Balaban J connectivity index is 1.95. The summed E-state index contributed by atoms with van der Waals surface area (Å²) in [4.78, 5) is 44.9. The quantitative estimate of drug-likeness (QED) is 0.174. The number of anilines is 1. The molecule has 2 unspecified atom stereocenters. The van der Waals surface area contributed by atoms with Crippen LogP contribution in [-0.4, -0.2) is 47.1 Å². The Kier molecular flexibility index (Phi) is 5.56. The highest BCUT2D eigenvalue weighted by atomic mass is 35.5. The number of methoxy groups -OCH3 is 1. The smallest absolute Gasteiger partial charge is 0.362 e. The van der Waals surface area contributed by atoms with Gasteiger partial charge in [0.05, 0.1) is 18.1 Å². The molecule has 28 heavy (non-hydrogen) atoms. The van der Waals surface area contributed by atoms with E-state index >= 15 is 0 Å². The number of benzene rings is 1. The number of rotatable bonds is 6. The van der Waals surface area contributed by atoms with Gasteiger partial charge in [-0.15, -0.1) is 22.9 Å². The molecule has 1 amide bonds. The largest absolute Gasteiger partial charge is 0.464 e. The van der Waals surface area contributed by atoms with Crippen LogP contribution in [-0.2, 0) is 19.2 Å². The SMILES string of the molecule is CO/N=C(\C(=O)OC)c1csc(N2C(=O)C(Cl)C2c2cccc([N+](=O)[O-])c2)n1. The molecule has 0 radical (unpaired) electrons. The zero-order valence-electron chi connectivity index (χ0n) is 14.6. The second-order valence-corrected chi connectivity index (χ2v) is 6.84. The molecule has 2 aromatic rings. The molecule has 0 bridgehead atoms. The van der Waals surface area contributed by atoms with Gasteiger partial charge in [0.15, 0.2) is 5.13 Å². The number of halogens is 1. The zero-order chi connectivity index (χ0) is 20.4. The number of non-ortho nitro benzene ring substituents is 1. The lowest BCUT2D eigenvalue weighted by atomic mass is 9.93. The molecule has 0 aliphatic carbocycles. The number of nitro groups is 1. The van der Waals surface area contributed by atoms with Gasteiger partial charge in [-0.3, -0.25) is 19.8 Å². The average Bonchev–Trinajstić information content (AvgIpc) is 3.17. The third-order valence-corrected chi connectivity index (χ3v) is 5.22. The lowest BCUT2D eigenvalue weighted by molar-refractivity contribution is -0.384. The topological polar surface area (TPSA) is 124 Å². The van der Waals surface area contributed by atoms with Gasteiger partial charge in [-0.25, -0.2) is 9.78 Å². The summed E-state index contributed by atoms with van der Waals surface area (Å²) >= 11 is 7.25. The Hall–Kier alpha value is -3.05. The molecule has 1 aliphatic rings. The third kappa shape index (κ3) is 3.41. The average molecular weight is 425 g/mol. The van der Waals surface area contributed by atoms with E-state index in [1.165, 1.54) is 42.7 Å². The molecule has 1 aliphatic heterocycles. The van der Waals surface area contributed by atoms with E-state index in [2.05, 4.69) is 19.7 Å². The molecule has 10 nitrogen and oxygen atoms in total. The Morgan fingerprint density at radius 1 is 1.43 bits per heavy atom. The summed E-state index contributed by atoms with van der Waals surface area (Å²) < 4.78 is 4.64. The number of thiazole rings is 1. The first kappa shape index (κ1) is 19.7. The highest BCUT2D eigenvalue weighted by Gasteiger charge is 2.49. The van der Waals surface area contributed by atoms with Gasteiger partial charge >= 0.3 is 5.97 Å². The summed E-state index contributed by atoms with van der Waals surface area (Å²) in [6, 6.07) is 5.25. The van der Waals surface area contributed by atoms with Crippen LogP contribution in [0.5, 0.6) is 0 Å². The molecular weight excluding hydrogens is 412 g/mol. The van der Waals surface area contributed by atoms with Crippen molar-refractivity contribution >= 4 is 51.3 Å². The summed E-state index contributed by atoms with van der Waals surface area (Å²) in [5.41, 5.74) is 0.400. The number of oxime groups is 1. The number of alkyl halides is 1. The van der Waals surface area contributed by atoms with Gasteiger partial charge in [0.2, 0.25) is 11.6 Å². The number of amides is 1. The number of hydrogen-bond acceptors (Lipinski definition) is 9. The highest BCUT2D eigenvalue weighted by molar-refractivity contribution is 7.14. The van der Waals surface area contributed by atoms with Crippen molar-refractivity contribution in [3.8, 4) is 0 Å². The van der Waals surface area contributed by atoms with E-state index in [-0.39, 0.29) is 22.2 Å². The Bertz CT molecular complexity index is 978. The van der Waals surface area contributed by atoms with E-state index in [0.29, 0.717) is 5.56 Å². The van der Waals surface area contributed by atoms with E-state index in [9.17, 15) is 19.7 Å². The molecule has 0 N–H and O–H groups in total. The summed E-state index contributed by atoms with van der Waals surface area (Å²) in [5, 5.41) is 15.5. The van der Waals surface area contributed by atoms with E-state index in [1.807, 2.05) is 0 Å². The van der Waals surface area contributed by atoms with Crippen molar-refractivity contribution in [3.05, 3.63) is 51.0 Å². The first-order chi connectivity index (χ1) is 13.4. The van der Waals surface area contributed by atoms with Gasteiger partial charge < -0.3 is 9.57 Å². The molecule has 1 aromatic carbocycles. The first-order valence-electron chi connectivity index (χ1n) is 7.76. The van der Waals surface area contributed by atoms with Crippen LogP contribution >= 0.6 is 22.9 Å². The van der Waals surface area contributed by atoms with Crippen molar-refractivity contribution < 1.29 is 24.1 Å². The van der Waals surface area contributed by atoms with Gasteiger partial charge in [-0.2, -0.15) is 0 Å². The van der Waals surface area contributed by atoms with Crippen molar-refractivity contribution in [3.63, 3.8) is 0 Å². The second-order valence-electron chi connectivity index (χ2n) is 5.54. The zero-order valence-corrected chi connectivity index (χ0v) is 16.1. The van der Waals surface area contributed by atoms with E-state index in [0.717, 1.165) is 11.3 Å². The maximum atomic E-state index is 12.3. The van der Waals surface area contributed by atoms with E-state index in [4.69, 9.17) is 11.6 Å². The molecule has 1 saturated heterocycles. The minimum atomic E-state index is -0.887. The number of β-lactam (4-membered cyclic amide) rings is 1. The number of carbonyl (C=O) groups excluding carboxylic acids is 2. The Morgan fingerprint density at radius 3 is 2.82 bits per heavy atom. The van der Waals surface area contributed by atoms with Crippen LogP contribution in [0.3, 0.4) is 0 Å². The second kappa shape index (κ2) is 7.90. The normalized spacial score (nSPS) is 19.2. The summed E-state index contributed by atoms with van der Waals surface area (Å²) in [6.07, 6.45) is 0. The molecule has 146 valence electrons. The molecule has 1 aromatic heterocycles. The standard InChI is InChI=1S/C16H13ClN4O6S/c1-26-15(23)12(19-27-2)10-7-28-16(18-10)20-13(11(17)14(20)22)8-4-3-5-9(6-8)21(24)25/h3-7,11,13H,1-2H3/b19-12-. The number of ether oxygens (including phenoxy) is 1. The molecule has 0 spiro atoms. The first-order valence-corrected chi connectivity index (χ1v) is 9.07. The van der Waals surface area contributed by atoms with Crippen molar-refractivity contribution in [2.45, 2.75) is 11.4 Å². The lowest BCUT2D eigenvalue weighted by Gasteiger charge is -2.42. The van der Waals surface area contributed by atoms with E-state index in [1.54, 1.807) is 6.07 Å². The van der Waals surface area contributed by atoms with Gasteiger partial charge in [0.1, 0.15) is 18.2 Å². The molecule has 2 heterocycles. The van der Waals surface area contributed by atoms with Crippen molar-refractivity contribution in [2.75, 3.05) is 19.1 Å². The molecule has 0 saturated carbocycles. The van der Waals surface area contributed by atoms with Crippen LogP contribution < -0.4 is 4.90 Å². The van der Waals surface area contributed by atoms with Gasteiger partial charge in [0, 0.05) is 17.5 Å². The predicted molar refractivity (Wildman–Crippen MR) is 101 cm³/mol. The lowest BCUT2D eigenvalue weighted by Crippen LogP contribution is -2.56. The summed E-state index contributed by atoms with van der Waals surface area (Å²) in [6.45, 7) is 0. The van der Waals surface area contributed by atoms with Gasteiger partial charge in [-0.1, -0.05) is 17.3 Å². The fourth-order valence-electron chi connectivity index (χ4n) is 2.67. The number of nitro benzene ring substituents is 1. The minimum Gasteiger partial charge on any atom is -0.464 e. The van der Waals surface area contributed by atoms with Crippen molar-refractivity contribution in [2.24, 2.45) is 5.16 Å². The number of nitrogens with zero attached hydrogens (tertiary/aromatic N) is 4. The Labute approximate surface area is 167 Å². The third-order valence-electron chi connectivity index (χ3n) is 3.95. The molecule has 12 heteroatoms.